The Morgan fingerprint density at radius 3 is 1.93 bits per heavy atom. The minimum Gasteiger partial charge on any atom is -0.341 e. The minimum absolute atomic E-state index is 0.121. The fraction of sp³-hybridized carbons (Fsp3) is 0.294. The van der Waals surface area contributed by atoms with Gasteiger partial charge in [0.05, 0.1) is 11.8 Å². The van der Waals surface area contributed by atoms with Crippen molar-refractivity contribution >= 4 is 57.0 Å². The van der Waals surface area contributed by atoms with E-state index in [0.29, 0.717) is 23.5 Å². The average Bonchev–Trinajstić information content (AvgIpc) is 3.30. The Hall–Kier alpha value is -5.32. The molecule has 0 bridgehead atoms. The van der Waals surface area contributed by atoms with Crippen LogP contribution in [0.2, 0.25) is 0 Å². The Kier molecular flexibility index (Phi) is 10.1. The molecule has 3 aromatic carbocycles. The van der Waals surface area contributed by atoms with Gasteiger partial charge in [-0.3, -0.25) is 9.59 Å². The number of aryl methyl sites for hydroxylation is 2. The van der Waals surface area contributed by atoms with E-state index < -0.39 is 29.9 Å². The number of nitrogens with zero attached hydrogens (tertiary/aromatic N) is 4. The molecule has 0 aliphatic carbocycles. The Labute approximate surface area is 261 Å². The van der Waals surface area contributed by atoms with Gasteiger partial charge in [-0.25, -0.2) is 9.59 Å². The number of amides is 1. The molecule has 0 fully saturated rings. The molecule has 11 nitrogen and oxygen atoms in total. The van der Waals surface area contributed by atoms with Crippen LogP contribution in [0.1, 0.15) is 70.2 Å². The maximum absolute atomic E-state index is 12.2. The normalized spacial score (nSPS) is 12.6. The Morgan fingerprint density at radius 1 is 0.800 bits per heavy atom. The second-order valence-corrected chi connectivity index (χ2v) is 10.6. The fourth-order valence-electron chi connectivity index (χ4n) is 5.27. The van der Waals surface area contributed by atoms with Gasteiger partial charge in [-0.1, -0.05) is 46.7 Å². The van der Waals surface area contributed by atoms with Gasteiger partial charge in [0.1, 0.15) is 5.71 Å². The van der Waals surface area contributed by atoms with Crippen LogP contribution in [0.15, 0.2) is 71.0 Å². The first-order chi connectivity index (χ1) is 21.4. The molecule has 1 unspecified atom stereocenters. The van der Waals surface area contributed by atoms with E-state index in [1.807, 2.05) is 67.6 Å². The van der Waals surface area contributed by atoms with Crippen LogP contribution in [0.3, 0.4) is 0 Å². The minimum atomic E-state index is -0.637. The first kappa shape index (κ1) is 32.6. The molecule has 1 amide bonds. The number of carbonyl (C=O) groups is 4. The molecule has 0 aliphatic rings. The van der Waals surface area contributed by atoms with Crippen LogP contribution in [0.5, 0.6) is 0 Å². The number of oxime groups is 2. The van der Waals surface area contributed by atoms with Crippen LogP contribution in [-0.4, -0.2) is 50.9 Å². The lowest BCUT2D eigenvalue weighted by atomic mass is 9.96. The average molecular weight is 613 g/mol. The monoisotopic (exact) mass is 612 g/mol. The van der Waals surface area contributed by atoms with E-state index in [1.165, 1.54) is 27.7 Å². The summed E-state index contributed by atoms with van der Waals surface area (Å²) in [6, 6.07) is 18.8. The number of rotatable bonds is 9. The van der Waals surface area contributed by atoms with Crippen molar-refractivity contribution in [2.75, 3.05) is 0 Å². The highest BCUT2D eigenvalue weighted by molar-refractivity contribution is 6.18. The number of benzene rings is 3. The zero-order valence-electron chi connectivity index (χ0n) is 26.4. The fourth-order valence-corrected chi connectivity index (χ4v) is 5.27. The van der Waals surface area contributed by atoms with E-state index in [1.54, 1.807) is 6.92 Å². The van der Waals surface area contributed by atoms with Gasteiger partial charge in [0.25, 0.3) is 5.91 Å². The van der Waals surface area contributed by atoms with E-state index in [0.717, 1.165) is 43.6 Å². The van der Waals surface area contributed by atoms with Gasteiger partial charge in [-0.05, 0) is 50.6 Å². The number of hydrogen-bond donors (Lipinski definition) is 0. The van der Waals surface area contributed by atoms with Crippen LogP contribution < -0.4 is 0 Å². The van der Waals surface area contributed by atoms with Gasteiger partial charge < -0.3 is 19.1 Å². The van der Waals surface area contributed by atoms with Crippen LogP contribution in [0, 0.1) is 6.92 Å². The summed E-state index contributed by atoms with van der Waals surface area (Å²) in [7, 11) is 0. The zero-order chi connectivity index (χ0) is 32.8. The number of hydrogen-bond acceptors (Lipinski definition) is 9. The summed E-state index contributed by atoms with van der Waals surface area (Å²) in [4.78, 5) is 62.6. The summed E-state index contributed by atoms with van der Waals surface area (Å²) in [6.45, 7) is 11.5. The lowest BCUT2D eigenvalue weighted by Crippen LogP contribution is -2.39. The van der Waals surface area contributed by atoms with Crippen molar-refractivity contribution in [3.05, 3.63) is 82.9 Å². The SMILES string of the molecule is CCn1c2ccc(/C(CC(C)N(OC(C)=O)C(C)=O)=N/OC(C)=O)cc2c2cc(/C(=N\OC(C)=O)c3ccccc3C)ccc21. The Balaban J connectivity index is 1.89. The molecule has 234 valence electrons. The Bertz CT molecular complexity index is 1850. The third-order valence-electron chi connectivity index (χ3n) is 7.16. The van der Waals surface area contributed by atoms with Crippen LogP contribution in [-0.2, 0) is 40.2 Å². The summed E-state index contributed by atoms with van der Waals surface area (Å²) in [5.74, 6) is -2.23. The highest BCUT2D eigenvalue weighted by Gasteiger charge is 2.24. The van der Waals surface area contributed by atoms with Gasteiger partial charge in [0.2, 0.25) is 0 Å². The largest absolute Gasteiger partial charge is 0.341 e. The topological polar surface area (TPSA) is 129 Å². The van der Waals surface area contributed by atoms with Gasteiger partial charge >= 0.3 is 17.9 Å². The smallest absolute Gasteiger partial charge is 0.332 e. The van der Waals surface area contributed by atoms with Crippen LogP contribution in [0.4, 0.5) is 0 Å². The molecule has 0 saturated heterocycles. The van der Waals surface area contributed by atoms with Crippen molar-refractivity contribution in [3.8, 4) is 0 Å². The molecule has 0 aliphatic heterocycles. The number of carbonyl (C=O) groups excluding carboxylic acids is 4. The summed E-state index contributed by atoms with van der Waals surface area (Å²) >= 11 is 0. The van der Waals surface area contributed by atoms with Gasteiger partial charge in [0.15, 0.2) is 0 Å². The molecular weight excluding hydrogens is 576 g/mol. The van der Waals surface area contributed by atoms with Crippen molar-refractivity contribution in [1.29, 1.82) is 0 Å². The molecule has 45 heavy (non-hydrogen) atoms. The van der Waals surface area contributed by atoms with E-state index in [9.17, 15) is 19.2 Å². The first-order valence-corrected chi connectivity index (χ1v) is 14.5. The second kappa shape index (κ2) is 14.0. The van der Waals surface area contributed by atoms with Crippen molar-refractivity contribution in [2.24, 2.45) is 10.3 Å². The summed E-state index contributed by atoms with van der Waals surface area (Å²) in [5, 5.41) is 11.1. The molecule has 0 spiro atoms. The molecule has 0 N–H and O–H groups in total. The van der Waals surface area contributed by atoms with Gasteiger partial charge in [0, 0.05) is 79.2 Å². The van der Waals surface area contributed by atoms with Crippen molar-refractivity contribution in [2.45, 2.75) is 67.5 Å². The first-order valence-electron chi connectivity index (χ1n) is 14.5. The van der Waals surface area contributed by atoms with Crippen LogP contribution in [0.25, 0.3) is 21.8 Å². The van der Waals surface area contributed by atoms with E-state index in [4.69, 9.17) is 14.5 Å². The van der Waals surface area contributed by atoms with E-state index in [-0.39, 0.29) is 6.42 Å². The highest BCUT2D eigenvalue weighted by Crippen LogP contribution is 2.32. The number of fused-ring (bicyclic) bond motifs is 3. The third-order valence-corrected chi connectivity index (χ3v) is 7.16. The van der Waals surface area contributed by atoms with Crippen LogP contribution >= 0.6 is 0 Å². The Morgan fingerprint density at radius 2 is 1.38 bits per heavy atom. The maximum atomic E-state index is 12.2. The van der Waals surface area contributed by atoms with Gasteiger partial charge in [-0.15, -0.1) is 0 Å². The van der Waals surface area contributed by atoms with E-state index >= 15 is 0 Å². The van der Waals surface area contributed by atoms with Gasteiger partial charge in [-0.2, -0.15) is 5.06 Å². The standard InChI is InChI=1S/C34H36N4O7/c1-8-37-32-15-13-26(31(35-43-23(5)40)17-21(3)38(22(4)39)45-25(7)42)18-29(32)30-19-27(14-16-33(30)37)34(36-44-24(6)41)28-12-10-9-11-20(28)2/h9-16,18-19,21H,8,17H2,1-7H3/b35-31+,36-34+. The lowest BCUT2D eigenvalue weighted by Gasteiger charge is -2.26. The lowest BCUT2D eigenvalue weighted by molar-refractivity contribution is -0.202. The predicted octanol–water partition coefficient (Wildman–Crippen LogP) is 5.81. The second-order valence-electron chi connectivity index (χ2n) is 10.6. The molecule has 0 saturated carbocycles. The zero-order valence-corrected chi connectivity index (χ0v) is 26.4. The number of aromatic nitrogens is 1. The summed E-state index contributed by atoms with van der Waals surface area (Å²) in [6.07, 6.45) is 0.121. The molecule has 4 rings (SSSR count). The quantitative estimate of drug-likeness (QED) is 0.133. The molecule has 1 atom stereocenters. The molecule has 1 heterocycles. The molecular formula is C34H36N4O7. The molecule has 0 radical (unpaired) electrons. The predicted molar refractivity (Wildman–Crippen MR) is 170 cm³/mol. The molecule has 4 aromatic rings. The third kappa shape index (κ3) is 7.43. The van der Waals surface area contributed by atoms with E-state index in [2.05, 4.69) is 21.8 Å². The summed E-state index contributed by atoms with van der Waals surface area (Å²) < 4.78 is 2.18. The molecule has 1 aromatic heterocycles. The summed E-state index contributed by atoms with van der Waals surface area (Å²) in [5.41, 5.74) is 6.03. The van der Waals surface area contributed by atoms with Crippen molar-refractivity contribution in [1.82, 2.24) is 9.63 Å². The maximum Gasteiger partial charge on any atom is 0.332 e. The molecule has 11 heteroatoms. The number of hydroxylamine groups is 2. The van der Waals surface area contributed by atoms with Crippen molar-refractivity contribution < 1.29 is 33.7 Å². The highest BCUT2D eigenvalue weighted by atomic mass is 16.7. The van der Waals surface area contributed by atoms with Crippen molar-refractivity contribution in [3.63, 3.8) is 0 Å².